The minimum atomic E-state index is 0.326. The van der Waals surface area contributed by atoms with Crippen LogP contribution in [-0.2, 0) is 5.41 Å². The second kappa shape index (κ2) is 5.66. The van der Waals surface area contributed by atoms with Gasteiger partial charge in [-0.25, -0.2) is 0 Å². The van der Waals surface area contributed by atoms with Crippen molar-refractivity contribution in [3.05, 3.63) is 34.9 Å². The molecule has 2 unspecified atom stereocenters. The number of nitrogens with zero attached hydrogens (tertiary/aromatic N) is 1. The fourth-order valence-corrected chi connectivity index (χ4v) is 3.30. The van der Waals surface area contributed by atoms with Crippen molar-refractivity contribution in [3.8, 4) is 0 Å². The molecular formula is C18H29N. The lowest BCUT2D eigenvalue weighted by atomic mass is 9.74. The fraction of sp³-hybridized carbons (Fsp3) is 0.667. The van der Waals surface area contributed by atoms with Crippen LogP contribution in [0.3, 0.4) is 0 Å². The average molecular weight is 259 g/mol. The maximum atomic E-state index is 2.66. The Bertz CT molecular complexity index is 437. The van der Waals surface area contributed by atoms with Crippen LogP contribution in [-0.4, -0.2) is 24.5 Å². The molecule has 1 nitrogen and oxygen atoms in total. The molecular weight excluding hydrogens is 230 g/mol. The summed E-state index contributed by atoms with van der Waals surface area (Å²) >= 11 is 0. The number of likely N-dealkylation sites (tertiary alicyclic amines) is 1. The van der Waals surface area contributed by atoms with Gasteiger partial charge in [-0.1, -0.05) is 45.4 Å². The zero-order valence-corrected chi connectivity index (χ0v) is 13.3. The van der Waals surface area contributed by atoms with Crippen LogP contribution in [0.1, 0.15) is 50.3 Å². The summed E-state index contributed by atoms with van der Waals surface area (Å²) in [6, 6.07) is 7.05. The Labute approximate surface area is 119 Å². The highest BCUT2D eigenvalue weighted by atomic mass is 15.2. The van der Waals surface area contributed by atoms with Gasteiger partial charge in [0.2, 0.25) is 0 Å². The lowest BCUT2D eigenvalue weighted by Gasteiger charge is -2.30. The summed E-state index contributed by atoms with van der Waals surface area (Å²) in [4.78, 5) is 2.66. The van der Waals surface area contributed by atoms with Crippen LogP contribution in [0.4, 0.5) is 0 Å². The van der Waals surface area contributed by atoms with Crippen molar-refractivity contribution in [1.29, 1.82) is 0 Å². The van der Waals surface area contributed by atoms with E-state index in [4.69, 9.17) is 0 Å². The summed E-state index contributed by atoms with van der Waals surface area (Å²) in [5.74, 6) is 0.742. The summed E-state index contributed by atoms with van der Waals surface area (Å²) in [6.45, 7) is 15.3. The Morgan fingerprint density at radius 1 is 1.26 bits per heavy atom. The summed E-state index contributed by atoms with van der Waals surface area (Å²) in [5, 5.41) is 0. The second-order valence-corrected chi connectivity index (χ2v) is 6.71. The molecule has 1 fully saturated rings. The molecule has 0 bridgehead atoms. The normalized spacial score (nSPS) is 27.9. The van der Waals surface area contributed by atoms with Crippen molar-refractivity contribution in [2.45, 2.75) is 52.9 Å². The van der Waals surface area contributed by atoms with Gasteiger partial charge in [-0.05, 0) is 49.4 Å². The zero-order chi connectivity index (χ0) is 14.0. The van der Waals surface area contributed by atoms with Gasteiger partial charge >= 0.3 is 0 Å². The second-order valence-electron chi connectivity index (χ2n) is 6.71. The third-order valence-corrected chi connectivity index (χ3v) is 5.17. The van der Waals surface area contributed by atoms with E-state index >= 15 is 0 Å². The molecule has 0 radical (unpaired) electrons. The Morgan fingerprint density at radius 3 is 2.63 bits per heavy atom. The maximum Gasteiger partial charge on any atom is 0.00898 e. The Kier molecular flexibility index (Phi) is 4.35. The minimum Gasteiger partial charge on any atom is -0.302 e. The molecule has 0 saturated carbocycles. The molecule has 0 aliphatic carbocycles. The first-order valence-electron chi connectivity index (χ1n) is 7.77. The van der Waals surface area contributed by atoms with Crippen LogP contribution in [0.2, 0.25) is 0 Å². The SMILES string of the molecule is CCCCN1CC(C)C(C)(c2ccc(C)c(C)c2)C1. The molecule has 0 spiro atoms. The van der Waals surface area contributed by atoms with E-state index in [-0.39, 0.29) is 0 Å². The van der Waals surface area contributed by atoms with E-state index < -0.39 is 0 Å². The monoisotopic (exact) mass is 259 g/mol. The molecule has 1 heterocycles. The molecule has 106 valence electrons. The van der Waals surface area contributed by atoms with Gasteiger partial charge in [0, 0.05) is 18.5 Å². The highest BCUT2D eigenvalue weighted by Crippen LogP contribution is 2.39. The predicted octanol–water partition coefficient (Wildman–Crippen LogP) is 4.31. The van der Waals surface area contributed by atoms with E-state index in [0.29, 0.717) is 5.41 Å². The zero-order valence-electron chi connectivity index (χ0n) is 13.3. The molecule has 1 aliphatic heterocycles. The molecule has 1 aromatic rings. The van der Waals surface area contributed by atoms with Gasteiger partial charge in [0.05, 0.1) is 0 Å². The summed E-state index contributed by atoms with van der Waals surface area (Å²) in [7, 11) is 0. The van der Waals surface area contributed by atoms with E-state index in [1.807, 2.05) is 0 Å². The lowest BCUT2D eigenvalue weighted by Crippen LogP contribution is -2.31. The van der Waals surface area contributed by atoms with Crippen molar-refractivity contribution in [2.24, 2.45) is 5.92 Å². The minimum absolute atomic E-state index is 0.326. The first-order chi connectivity index (χ1) is 8.97. The number of aryl methyl sites for hydroxylation is 2. The Morgan fingerprint density at radius 2 is 2.00 bits per heavy atom. The largest absolute Gasteiger partial charge is 0.302 e. The molecule has 2 rings (SSSR count). The van der Waals surface area contributed by atoms with Gasteiger partial charge in [-0.15, -0.1) is 0 Å². The number of rotatable bonds is 4. The average Bonchev–Trinajstić information content (AvgIpc) is 2.67. The van der Waals surface area contributed by atoms with Crippen molar-refractivity contribution < 1.29 is 0 Å². The van der Waals surface area contributed by atoms with Gasteiger partial charge in [0.25, 0.3) is 0 Å². The molecule has 1 aromatic carbocycles. The maximum absolute atomic E-state index is 2.66. The van der Waals surface area contributed by atoms with Crippen LogP contribution in [0.25, 0.3) is 0 Å². The van der Waals surface area contributed by atoms with E-state index in [1.165, 1.54) is 49.2 Å². The molecule has 1 aliphatic rings. The van der Waals surface area contributed by atoms with E-state index in [9.17, 15) is 0 Å². The van der Waals surface area contributed by atoms with Crippen molar-refractivity contribution >= 4 is 0 Å². The Hall–Kier alpha value is -0.820. The standard InChI is InChI=1S/C18H29N/c1-6-7-10-19-12-16(4)18(5,13-19)17-9-8-14(2)15(3)11-17/h8-9,11,16H,6-7,10,12-13H2,1-5H3. The number of benzene rings is 1. The lowest BCUT2D eigenvalue weighted by molar-refractivity contribution is 0.311. The summed E-state index contributed by atoms with van der Waals surface area (Å²) < 4.78 is 0. The van der Waals surface area contributed by atoms with Crippen LogP contribution >= 0.6 is 0 Å². The van der Waals surface area contributed by atoms with E-state index in [2.05, 4.69) is 57.7 Å². The molecule has 1 saturated heterocycles. The van der Waals surface area contributed by atoms with Crippen LogP contribution in [0, 0.1) is 19.8 Å². The Balaban J connectivity index is 2.19. The van der Waals surface area contributed by atoms with Gasteiger partial charge in [-0.2, -0.15) is 0 Å². The fourth-order valence-electron chi connectivity index (χ4n) is 3.30. The smallest absolute Gasteiger partial charge is 0.00898 e. The summed E-state index contributed by atoms with van der Waals surface area (Å²) in [6.07, 6.45) is 2.63. The topological polar surface area (TPSA) is 3.24 Å². The van der Waals surface area contributed by atoms with Gasteiger partial charge < -0.3 is 4.90 Å². The third-order valence-electron chi connectivity index (χ3n) is 5.17. The first-order valence-corrected chi connectivity index (χ1v) is 7.77. The van der Waals surface area contributed by atoms with E-state index in [1.54, 1.807) is 0 Å². The van der Waals surface area contributed by atoms with Crippen LogP contribution in [0.15, 0.2) is 18.2 Å². The molecule has 0 amide bonds. The molecule has 1 heteroatoms. The van der Waals surface area contributed by atoms with Gasteiger partial charge in [-0.3, -0.25) is 0 Å². The van der Waals surface area contributed by atoms with Gasteiger partial charge in [0.1, 0.15) is 0 Å². The van der Waals surface area contributed by atoms with Crippen molar-refractivity contribution in [1.82, 2.24) is 4.90 Å². The van der Waals surface area contributed by atoms with E-state index in [0.717, 1.165) is 5.92 Å². The first kappa shape index (κ1) is 14.6. The highest BCUT2D eigenvalue weighted by Gasteiger charge is 2.41. The number of hydrogen-bond acceptors (Lipinski definition) is 1. The highest BCUT2D eigenvalue weighted by molar-refractivity contribution is 5.36. The third kappa shape index (κ3) is 2.86. The predicted molar refractivity (Wildman–Crippen MR) is 83.8 cm³/mol. The van der Waals surface area contributed by atoms with Crippen LogP contribution in [0.5, 0.6) is 0 Å². The van der Waals surface area contributed by atoms with Crippen LogP contribution < -0.4 is 0 Å². The van der Waals surface area contributed by atoms with Gasteiger partial charge in [0.15, 0.2) is 0 Å². The van der Waals surface area contributed by atoms with Crippen molar-refractivity contribution in [2.75, 3.05) is 19.6 Å². The molecule has 19 heavy (non-hydrogen) atoms. The summed E-state index contributed by atoms with van der Waals surface area (Å²) in [5.41, 5.74) is 4.69. The number of hydrogen-bond donors (Lipinski definition) is 0. The molecule has 2 atom stereocenters. The molecule has 0 aromatic heterocycles. The van der Waals surface area contributed by atoms with Crippen molar-refractivity contribution in [3.63, 3.8) is 0 Å². The molecule has 0 N–H and O–H groups in total. The number of unbranched alkanes of at least 4 members (excludes halogenated alkanes) is 1. The quantitative estimate of drug-likeness (QED) is 0.778.